The second-order valence-electron chi connectivity index (χ2n) is 4.41. The first-order valence-corrected chi connectivity index (χ1v) is 8.24. The van der Waals surface area contributed by atoms with Crippen molar-refractivity contribution in [3.63, 3.8) is 0 Å². The summed E-state index contributed by atoms with van der Waals surface area (Å²) in [5.41, 5.74) is 1.57. The van der Waals surface area contributed by atoms with Crippen molar-refractivity contribution >= 4 is 31.9 Å². The van der Waals surface area contributed by atoms with Crippen LogP contribution in [-0.2, 0) is 11.3 Å². The second-order valence-corrected chi connectivity index (χ2v) is 5.53. The Morgan fingerprint density at radius 3 is 2.29 bits per heavy atom. The molecular formula is C14H20Br2O. The molecule has 1 nitrogen and oxygen atoms in total. The summed E-state index contributed by atoms with van der Waals surface area (Å²) in [4.78, 5) is 0. The van der Waals surface area contributed by atoms with E-state index in [9.17, 15) is 0 Å². The lowest BCUT2D eigenvalue weighted by Crippen LogP contribution is -2.25. The Morgan fingerprint density at radius 1 is 1.12 bits per heavy atom. The van der Waals surface area contributed by atoms with E-state index in [1.165, 1.54) is 5.56 Å². The van der Waals surface area contributed by atoms with Crippen molar-refractivity contribution in [1.82, 2.24) is 0 Å². The van der Waals surface area contributed by atoms with Crippen LogP contribution in [0.15, 0.2) is 30.3 Å². The molecule has 0 N–H and O–H groups in total. The molecule has 1 rings (SSSR count). The molecule has 0 saturated carbocycles. The fraction of sp³-hybridized carbons (Fsp3) is 0.571. The fourth-order valence-electron chi connectivity index (χ4n) is 1.59. The third-order valence-electron chi connectivity index (χ3n) is 3.21. The molecule has 1 aromatic carbocycles. The zero-order chi connectivity index (χ0) is 12.6. The summed E-state index contributed by atoms with van der Waals surface area (Å²) in [5, 5.41) is 2.05. The van der Waals surface area contributed by atoms with Crippen LogP contribution in [0, 0.1) is 5.41 Å². The van der Waals surface area contributed by atoms with E-state index in [0.717, 1.165) is 30.1 Å². The molecule has 0 amide bonds. The summed E-state index contributed by atoms with van der Waals surface area (Å²) in [5.74, 6) is 0. The number of rotatable bonds is 8. The molecule has 17 heavy (non-hydrogen) atoms. The van der Waals surface area contributed by atoms with Gasteiger partial charge in [0, 0.05) is 17.3 Å². The van der Waals surface area contributed by atoms with E-state index in [-0.39, 0.29) is 0 Å². The summed E-state index contributed by atoms with van der Waals surface area (Å²) in [7, 11) is 0. The van der Waals surface area contributed by atoms with E-state index in [2.05, 4.69) is 50.9 Å². The molecule has 0 unspecified atom stereocenters. The minimum absolute atomic E-state index is 0.330. The first-order valence-electron chi connectivity index (χ1n) is 6.00. The number of hydrogen-bond donors (Lipinski definition) is 0. The maximum atomic E-state index is 5.74. The zero-order valence-corrected chi connectivity index (χ0v) is 13.5. The van der Waals surface area contributed by atoms with E-state index in [1.807, 2.05) is 18.2 Å². The van der Waals surface area contributed by atoms with Crippen LogP contribution in [-0.4, -0.2) is 17.3 Å². The van der Waals surface area contributed by atoms with Gasteiger partial charge in [0.25, 0.3) is 0 Å². The molecular weight excluding hydrogens is 344 g/mol. The molecule has 0 aromatic heterocycles. The van der Waals surface area contributed by atoms with E-state index >= 15 is 0 Å². The van der Waals surface area contributed by atoms with Gasteiger partial charge in [-0.15, -0.1) is 0 Å². The number of halogens is 2. The van der Waals surface area contributed by atoms with Gasteiger partial charge in [-0.1, -0.05) is 69.1 Å². The highest BCUT2D eigenvalue weighted by Crippen LogP contribution is 2.31. The summed E-state index contributed by atoms with van der Waals surface area (Å²) in [6, 6.07) is 10.3. The number of alkyl halides is 2. The molecule has 0 spiro atoms. The number of ether oxygens (including phenoxy) is 1. The molecule has 0 aliphatic rings. The number of hydrogen-bond acceptors (Lipinski definition) is 1. The van der Waals surface area contributed by atoms with Gasteiger partial charge in [-0.25, -0.2) is 0 Å². The predicted molar refractivity (Wildman–Crippen MR) is 81.0 cm³/mol. The normalized spacial score (nSPS) is 11.7. The van der Waals surface area contributed by atoms with Gasteiger partial charge in [-0.2, -0.15) is 0 Å². The molecule has 0 aliphatic heterocycles. The molecule has 0 radical (unpaired) electrons. The molecule has 0 saturated heterocycles. The Kier molecular flexibility index (Phi) is 7.40. The molecule has 0 aliphatic carbocycles. The highest BCUT2D eigenvalue weighted by molar-refractivity contribution is 9.09. The van der Waals surface area contributed by atoms with E-state index in [1.54, 1.807) is 0 Å². The maximum Gasteiger partial charge on any atom is 0.0716 e. The maximum absolute atomic E-state index is 5.74. The van der Waals surface area contributed by atoms with Gasteiger partial charge in [-0.05, 0) is 23.8 Å². The van der Waals surface area contributed by atoms with Crippen LogP contribution in [0.1, 0.15) is 25.3 Å². The second kappa shape index (κ2) is 8.28. The average Bonchev–Trinajstić information content (AvgIpc) is 2.41. The first kappa shape index (κ1) is 15.2. The van der Waals surface area contributed by atoms with Crippen LogP contribution < -0.4 is 0 Å². The Bertz CT molecular complexity index is 288. The summed E-state index contributed by atoms with van der Waals surface area (Å²) >= 11 is 7.21. The molecule has 0 atom stereocenters. The standard InChI is InChI=1S/C14H20Br2O/c1-2-14(11-15,12-16)8-9-17-10-13-6-4-3-5-7-13/h3-7H,2,8-12H2,1H3. The van der Waals surface area contributed by atoms with Gasteiger partial charge in [0.15, 0.2) is 0 Å². The van der Waals surface area contributed by atoms with Gasteiger partial charge in [0.1, 0.15) is 0 Å². The van der Waals surface area contributed by atoms with Gasteiger partial charge < -0.3 is 4.74 Å². The molecule has 0 fully saturated rings. The van der Waals surface area contributed by atoms with Crippen LogP contribution >= 0.6 is 31.9 Å². The van der Waals surface area contributed by atoms with Gasteiger partial charge in [0.2, 0.25) is 0 Å². The third-order valence-corrected chi connectivity index (χ3v) is 5.58. The Hall–Kier alpha value is 0.140. The lowest BCUT2D eigenvalue weighted by Gasteiger charge is -2.28. The zero-order valence-electron chi connectivity index (χ0n) is 10.3. The minimum Gasteiger partial charge on any atom is -0.377 e. The largest absolute Gasteiger partial charge is 0.377 e. The van der Waals surface area contributed by atoms with Crippen LogP contribution in [0.5, 0.6) is 0 Å². The fourth-order valence-corrected chi connectivity index (χ4v) is 3.87. The van der Waals surface area contributed by atoms with Crippen molar-refractivity contribution in [2.45, 2.75) is 26.4 Å². The highest BCUT2D eigenvalue weighted by atomic mass is 79.9. The lowest BCUT2D eigenvalue weighted by molar-refractivity contribution is 0.0938. The van der Waals surface area contributed by atoms with Crippen LogP contribution in [0.4, 0.5) is 0 Å². The van der Waals surface area contributed by atoms with Crippen LogP contribution in [0.2, 0.25) is 0 Å². The highest BCUT2D eigenvalue weighted by Gasteiger charge is 2.25. The average molecular weight is 364 g/mol. The first-order chi connectivity index (χ1) is 8.26. The van der Waals surface area contributed by atoms with E-state index < -0.39 is 0 Å². The van der Waals surface area contributed by atoms with Gasteiger partial charge in [-0.3, -0.25) is 0 Å². The van der Waals surface area contributed by atoms with Gasteiger partial charge in [0.05, 0.1) is 6.61 Å². The monoisotopic (exact) mass is 362 g/mol. The summed E-state index contributed by atoms with van der Waals surface area (Å²) < 4.78 is 5.74. The molecule has 96 valence electrons. The molecule has 0 heterocycles. The van der Waals surface area contributed by atoms with Crippen molar-refractivity contribution in [2.24, 2.45) is 5.41 Å². The van der Waals surface area contributed by atoms with E-state index in [4.69, 9.17) is 4.74 Å². The lowest BCUT2D eigenvalue weighted by atomic mass is 9.87. The van der Waals surface area contributed by atoms with Crippen molar-refractivity contribution < 1.29 is 4.74 Å². The quantitative estimate of drug-likeness (QED) is 0.477. The van der Waals surface area contributed by atoms with Crippen molar-refractivity contribution in [1.29, 1.82) is 0 Å². The molecule has 1 aromatic rings. The minimum atomic E-state index is 0.330. The molecule has 3 heteroatoms. The Morgan fingerprint density at radius 2 is 1.76 bits per heavy atom. The topological polar surface area (TPSA) is 9.23 Å². The molecule has 0 bridgehead atoms. The predicted octanol–water partition coefficient (Wildman–Crippen LogP) is 4.78. The van der Waals surface area contributed by atoms with Crippen molar-refractivity contribution in [3.05, 3.63) is 35.9 Å². The Labute approximate surface area is 121 Å². The van der Waals surface area contributed by atoms with Crippen LogP contribution in [0.25, 0.3) is 0 Å². The Balaban J connectivity index is 2.28. The van der Waals surface area contributed by atoms with Crippen molar-refractivity contribution in [2.75, 3.05) is 17.3 Å². The SMILES string of the molecule is CCC(CBr)(CBr)CCOCc1ccccc1. The summed E-state index contributed by atoms with van der Waals surface area (Å²) in [6.45, 7) is 3.77. The van der Waals surface area contributed by atoms with Crippen LogP contribution in [0.3, 0.4) is 0 Å². The summed E-state index contributed by atoms with van der Waals surface area (Å²) in [6.07, 6.45) is 2.25. The third kappa shape index (κ3) is 5.11. The smallest absolute Gasteiger partial charge is 0.0716 e. The number of benzene rings is 1. The van der Waals surface area contributed by atoms with E-state index in [0.29, 0.717) is 12.0 Å². The van der Waals surface area contributed by atoms with Gasteiger partial charge >= 0.3 is 0 Å². The van der Waals surface area contributed by atoms with Crippen molar-refractivity contribution in [3.8, 4) is 0 Å².